The zero-order valence-electron chi connectivity index (χ0n) is 9.43. The summed E-state index contributed by atoms with van der Waals surface area (Å²) in [4.78, 5) is 12.5. The molecule has 88 valence electrons. The second-order valence-corrected chi connectivity index (χ2v) is 3.59. The van der Waals surface area contributed by atoms with Gasteiger partial charge in [0.2, 0.25) is 0 Å². The van der Waals surface area contributed by atoms with E-state index in [2.05, 4.69) is 11.9 Å². The maximum atomic E-state index is 10.2. The van der Waals surface area contributed by atoms with E-state index in [-0.39, 0.29) is 0 Å². The van der Waals surface area contributed by atoms with Crippen molar-refractivity contribution in [3.05, 3.63) is 35.9 Å². The van der Waals surface area contributed by atoms with Crippen LogP contribution in [0.3, 0.4) is 0 Å². The summed E-state index contributed by atoms with van der Waals surface area (Å²) in [6, 6.07) is 8.30. The zero-order chi connectivity index (χ0) is 11.8. The molecule has 0 radical (unpaired) electrons. The SMILES string of the molecule is CN1CCOCC1.O=C(O)c1ccccc1. The fourth-order valence-electron chi connectivity index (χ4n) is 1.24. The van der Waals surface area contributed by atoms with Gasteiger partial charge in [-0.05, 0) is 19.2 Å². The first kappa shape index (κ1) is 12.7. The Morgan fingerprint density at radius 2 is 1.81 bits per heavy atom. The predicted octanol–water partition coefficient (Wildman–Crippen LogP) is 1.33. The monoisotopic (exact) mass is 223 g/mol. The van der Waals surface area contributed by atoms with Gasteiger partial charge in [0.25, 0.3) is 0 Å². The number of carboxylic acids is 1. The van der Waals surface area contributed by atoms with Crippen LogP contribution in [0.5, 0.6) is 0 Å². The highest BCUT2D eigenvalue weighted by molar-refractivity contribution is 5.87. The van der Waals surface area contributed by atoms with Gasteiger partial charge in [0, 0.05) is 13.1 Å². The molecule has 1 saturated heterocycles. The number of morpholine rings is 1. The minimum atomic E-state index is -0.879. The fraction of sp³-hybridized carbons (Fsp3) is 0.417. The highest BCUT2D eigenvalue weighted by Crippen LogP contribution is 1.96. The molecule has 1 fully saturated rings. The number of carbonyl (C=O) groups is 1. The summed E-state index contributed by atoms with van der Waals surface area (Å²) in [7, 11) is 2.11. The summed E-state index contributed by atoms with van der Waals surface area (Å²) in [5, 5.41) is 8.38. The lowest BCUT2D eigenvalue weighted by Gasteiger charge is -2.21. The summed E-state index contributed by atoms with van der Waals surface area (Å²) in [6.45, 7) is 4.02. The first-order valence-electron chi connectivity index (χ1n) is 5.25. The Labute approximate surface area is 95.5 Å². The van der Waals surface area contributed by atoms with E-state index in [0.29, 0.717) is 5.56 Å². The van der Waals surface area contributed by atoms with E-state index in [1.807, 2.05) is 0 Å². The quantitative estimate of drug-likeness (QED) is 0.780. The molecule has 4 nitrogen and oxygen atoms in total. The van der Waals surface area contributed by atoms with Crippen LogP contribution in [0, 0.1) is 0 Å². The Bertz CT molecular complexity index is 307. The Morgan fingerprint density at radius 1 is 1.25 bits per heavy atom. The van der Waals surface area contributed by atoms with Crippen LogP contribution in [0.4, 0.5) is 0 Å². The van der Waals surface area contributed by atoms with Crippen molar-refractivity contribution in [3.63, 3.8) is 0 Å². The van der Waals surface area contributed by atoms with Crippen LogP contribution >= 0.6 is 0 Å². The van der Waals surface area contributed by atoms with Crippen molar-refractivity contribution in [1.82, 2.24) is 4.90 Å². The Kier molecular flexibility index (Phi) is 5.53. The third-order valence-electron chi connectivity index (χ3n) is 2.26. The normalized spacial score (nSPS) is 16.1. The Hall–Kier alpha value is -1.39. The molecule has 0 aliphatic carbocycles. The minimum absolute atomic E-state index is 0.331. The molecule has 0 amide bonds. The molecule has 1 heterocycles. The van der Waals surface area contributed by atoms with E-state index in [4.69, 9.17) is 9.84 Å². The molecule has 1 N–H and O–H groups in total. The van der Waals surface area contributed by atoms with E-state index in [9.17, 15) is 4.79 Å². The van der Waals surface area contributed by atoms with Crippen LogP contribution in [0.25, 0.3) is 0 Å². The predicted molar refractivity (Wildman–Crippen MR) is 61.7 cm³/mol. The number of hydrogen-bond donors (Lipinski definition) is 1. The lowest BCUT2D eigenvalue weighted by atomic mass is 10.2. The van der Waals surface area contributed by atoms with Crippen molar-refractivity contribution in [1.29, 1.82) is 0 Å². The van der Waals surface area contributed by atoms with E-state index in [0.717, 1.165) is 26.3 Å². The van der Waals surface area contributed by atoms with Crippen LogP contribution in [-0.2, 0) is 4.74 Å². The van der Waals surface area contributed by atoms with Crippen LogP contribution in [-0.4, -0.2) is 49.3 Å². The van der Waals surface area contributed by atoms with Gasteiger partial charge >= 0.3 is 5.97 Å². The van der Waals surface area contributed by atoms with Gasteiger partial charge in [-0.15, -0.1) is 0 Å². The molecular weight excluding hydrogens is 206 g/mol. The average Bonchev–Trinajstić information content (AvgIpc) is 2.32. The second-order valence-electron chi connectivity index (χ2n) is 3.59. The van der Waals surface area contributed by atoms with E-state index < -0.39 is 5.97 Å². The molecule has 0 aromatic heterocycles. The lowest BCUT2D eigenvalue weighted by molar-refractivity contribution is 0.0503. The molecule has 1 aliphatic rings. The van der Waals surface area contributed by atoms with Crippen LogP contribution < -0.4 is 0 Å². The van der Waals surface area contributed by atoms with Gasteiger partial charge < -0.3 is 14.7 Å². The van der Waals surface area contributed by atoms with Crippen LogP contribution in [0.1, 0.15) is 10.4 Å². The maximum Gasteiger partial charge on any atom is 0.335 e. The largest absolute Gasteiger partial charge is 0.478 e. The molecule has 0 spiro atoms. The number of rotatable bonds is 1. The molecule has 16 heavy (non-hydrogen) atoms. The molecule has 2 rings (SSSR count). The van der Waals surface area contributed by atoms with E-state index >= 15 is 0 Å². The number of ether oxygens (including phenoxy) is 1. The lowest BCUT2D eigenvalue weighted by Crippen LogP contribution is -2.32. The Morgan fingerprint density at radius 3 is 2.12 bits per heavy atom. The summed E-state index contributed by atoms with van der Waals surface area (Å²) >= 11 is 0. The first-order chi connectivity index (χ1) is 7.70. The van der Waals surface area contributed by atoms with Crippen molar-refractivity contribution in [2.24, 2.45) is 0 Å². The number of likely N-dealkylation sites (N-methyl/N-ethyl adjacent to an activating group) is 1. The van der Waals surface area contributed by atoms with E-state index in [1.165, 1.54) is 0 Å². The van der Waals surface area contributed by atoms with Gasteiger partial charge in [0.1, 0.15) is 0 Å². The van der Waals surface area contributed by atoms with Gasteiger partial charge in [-0.2, -0.15) is 0 Å². The summed E-state index contributed by atoms with van der Waals surface area (Å²) in [5.74, 6) is -0.879. The molecule has 0 saturated carbocycles. The summed E-state index contributed by atoms with van der Waals surface area (Å²) in [6.07, 6.45) is 0. The van der Waals surface area contributed by atoms with Crippen molar-refractivity contribution >= 4 is 5.97 Å². The van der Waals surface area contributed by atoms with E-state index in [1.54, 1.807) is 30.3 Å². The highest BCUT2D eigenvalue weighted by Gasteiger charge is 2.02. The van der Waals surface area contributed by atoms with Crippen molar-refractivity contribution < 1.29 is 14.6 Å². The smallest absolute Gasteiger partial charge is 0.335 e. The van der Waals surface area contributed by atoms with Crippen molar-refractivity contribution in [2.45, 2.75) is 0 Å². The second kappa shape index (κ2) is 6.98. The van der Waals surface area contributed by atoms with Gasteiger partial charge in [0.05, 0.1) is 18.8 Å². The molecule has 1 aromatic rings. The molecule has 0 bridgehead atoms. The number of aromatic carboxylic acids is 1. The van der Waals surface area contributed by atoms with Crippen LogP contribution in [0.15, 0.2) is 30.3 Å². The number of benzene rings is 1. The van der Waals surface area contributed by atoms with Gasteiger partial charge in [0.15, 0.2) is 0 Å². The van der Waals surface area contributed by atoms with Gasteiger partial charge in [-0.3, -0.25) is 0 Å². The minimum Gasteiger partial charge on any atom is -0.478 e. The maximum absolute atomic E-state index is 10.2. The van der Waals surface area contributed by atoms with Gasteiger partial charge in [-0.1, -0.05) is 18.2 Å². The van der Waals surface area contributed by atoms with Crippen LogP contribution in [0.2, 0.25) is 0 Å². The fourth-order valence-corrected chi connectivity index (χ4v) is 1.24. The van der Waals surface area contributed by atoms with Crippen molar-refractivity contribution in [2.75, 3.05) is 33.4 Å². The van der Waals surface area contributed by atoms with Crippen molar-refractivity contribution in [3.8, 4) is 0 Å². The first-order valence-corrected chi connectivity index (χ1v) is 5.25. The highest BCUT2D eigenvalue weighted by atomic mass is 16.5. The third-order valence-corrected chi connectivity index (χ3v) is 2.26. The topological polar surface area (TPSA) is 49.8 Å². The molecular formula is C12H17NO3. The molecule has 1 aliphatic heterocycles. The summed E-state index contributed by atoms with van der Waals surface area (Å²) < 4.78 is 5.10. The standard InChI is InChI=1S/C7H6O2.C5H11NO/c8-7(9)6-4-2-1-3-5-6;1-6-2-4-7-5-3-6/h1-5H,(H,8,9);2-5H2,1H3. The summed E-state index contributed by atoms with van der Waals surface area (Å²) in [5.41, 5.74) is 0.331. The number of carboxylic acid groups (broad SMARTS) is 1. The Balaban J connectivity index is 0.000000165. The number of hydrogen-bond acceptors (Lipinski definition) is 3. The molecule has 1 aromatic carbocycles. The zero-order valence-corrected chi connectivity index (χ0v) is 9.43. The van der Waals surface area contributed by atoms with Gasteiger partial charge in [-0.25, -0.2) is 4.79 Å². The molecule has 4 heteroatoms. The third kappa shape index (κ3) is 4.91. The number of nitrogens with zero attached hydrogens (tertiary/aromatic N) is 1. The molecule has 0 atom stereocenters. The molecule has 0 unspecified atom stereocenters. The average molecular weight is 223 g/mol.